The normalized spacial score (nSPS) is 11.4. The highest BCUT2D eigenvalue weighted by atomic mass is 79.9. The maximum atomic E-state index is 12.0. The first-order valence-electron chi connectivity index (χ1n) is 4.70. The molecule has 0 aliphatic carbocycles. The predicted molar refractivity (Wildman–Crippen MR) is 65.2 cm³/mol. The van der Waals surface area contributed by atoms with Crippen LogP contribution in [0.15, 0.2) is 38.8 Å². The number of anilines is 1. The topological polar surface area (TPSA) is 105 Å². The molecule has 18 heavy (non-hydrogen) atoms. The summed E-state index contributed by atoms with van der Waals surface area (Å²) in [5, 5.41) is 8.88. The number of aliphatic hydroxyl groups is 1. The van der Waals surface area contributed by atoms with Gasteiger partial charge in [0.05, 0.1) is 18.1 Å². The van der Waals surface area contributed by atoms with Crippen LogP contribution in [0.3, 0.4) is 0 Å². The SMILES string of the molecule is O=S(=O)(Nc1cncnc1)c1cc(CO)oc1Br. The van der Waals surface area contributed by atoms with E-state index in [0.717, 1.165) is 0 Å². The van der Waals surface area contributed by atoms with Gasteiger partial charge < -0.3 is 9.52 Å². The van der Waals surface area contributed by atoms with Gasteiger partial charge >= 0.3 is 0 Å². The molecule has 0 amide bonds. The molecule has 7 nitrogen and oxygen atoms in total. The van der Waals surface area contributed by atoms with E-state index >= 15 is 0 Å². The molecule has 0 radical (unpaired) electrons. The van der Waals surface area contributed by atoms with E-state index in [9.17, 15) is 8.42 Å². The van der Waals surface area contributed by atoms with Crippen molar-refractivity contribution >= 4 is 31.6 Å². The van der Waals surface area contributed by atoms with Gasteiger partial charge in [0.1, 0.15) is 23.6 Å². The number of hydrogen-bond donors (Lipinski definition) is 2. The first-order chi connectivity index (χ1) is 8.53. The number of hydrogen-bond acceptors (Lipinski definition) is 6. The Labute approximate surface area is 111 Å². The van der Waals surface area contributed by atoms with Crippen LogP contribution >= 0.6 is 15.9 Å². The molecule has 2 heterocycles. The number of nitrogens with zero attached hydrogens (tertiary/aromatic N) is 2. The fourth-order valence-electron chi connectivity index (χ4n) is 1.22. The van der Waals surface area contributed by atoms with Crippen LogP contribution in [-0.4, -0.2) is 23.5 Å². The zero-order valence-corrected chi connectivity index (χ0v) is 11.3. The highest BCUT2D eigenvalue weighted by Crippen LogP contribution is 2.27. The monoisotopic (exact) mass is 333 g/mol. The summed E-state index contributed by atoms with van der Waals surface area (Å²) in [6.45, 7) is -0.386. The van der Waals surface area contributed by atoms with Crippen molar-refractivity contribution in [2.45, 2.75) is 11.5 Å². The van der Waals surface area contributed by atoms with Crippen molar-refractivity contribution in [1.29, 1.82) is 0 Å². The molecule has 0 aromatic carbocycles. The van der Waals surface area contributed by atoms with Crippen LogP contribution in [0, 0.1) is 0 Å². The second-order valence-electron chi connectivity index (χ2n) is 3.24. The maximum absolute atomic E-state index is 12.0. The molecule has 0 atom stereocenters. The predicted octanol–water partition coefficient (Wildman–Crippen LogP) is 1.13. The first kappa shape index (κ1) is 13.0. The van der Waals surface area contributed by atoms with Crippen molar-refractivity contribution in [3.63, 3.8) is 0 Å². The minimum atomic E-state index is -3.82. The van der Waals surface area contributed by atoms with E-state index in [0.29, 0.717) is 0 Å². The minimum Gasteiger partial charge on any atom is -0.450 e. The number of nitrogens with one attached hydrogen (secondary N) is 1. The average Bonchev–Trinajstić information content (AvgIpc) is 2.72. The third kappa shape index (κ3) is 2.68. The van der Waals surface area contributed by atoms with Gasteiger partial charge in [-0.2, -0.15) is 0 Å². The van der Waals surface area contributed by atoms with Gasteiger partial charge in [-0.1, -0.05) is 0 Å². The summed E-state index contributed by atoms with van der Waals surface area (Å²) in [6.07, 6.45) is 3.94. The highest BCUT2D eigenvalue weighted by molar-refractivity contribution is 9.10. The summed E-state index contributed by atoms with van der Waals surface area (Å²) < 4.78 is 31.3. The molecule has 0 aliphatic rings. The van der Waals surface area contributed by atoms with Crippen LogP contribution in [0.5, 0.6) is 0 Å². The Morgan fingerprint density at radius 1 is 1.39 bits per heavy atom. The van der Waals surface area contributed by atoms with Crippen molar-refractivity contribution in [2.24, 2.45) is 0 Å². The van der Waals surface area contributed by atoms with Gasteiger partial charge in [0.25, 0.3) is 10.0 Å². The minimum absolute atomic E-state index is 0.0240. The van der Waals surface area contributed by atoms with E-state index in [1.165, 1.54) is 24.8 Å². The number of sulfonamides is 1. The van der Waals surface area contributed by atoms with Crippen LogP contribution in [0.4, 0.5) is 5.69 Å². The summed E-state index contributed by atoms with van der Waals surface area (Å²) in [5.74, 6) is 0.145. The van der Waals surface area contributed by atoms with Gasteiger partial charge in [0.2, 0.25) is 0 Å². The van der Waals surface area contributed by atoms with Crippen molar-refractivity contribution in [3.05, 3.63) is 35.2 Å². The maximum Gasteiger partial charge on any atom is 0.266 e. The third-order valence-electron chi connectivity index (χ3n) is 1.96. The molecule has 9 heteroatoms. The molecule has 0 saturated heterocycles. The lowest BCUT2D eigenvalue weighted by Crippen LogP contribution is -2.13. The smallest absolute Gasteiger partial charge is 0.266 e. The Morgan fingerprint density at radius 3 is 2.61 bits per heavy atom. The zero-order valence-electron chi connectivity index (χ0n) is 8.87. The molecule has 0 aliphatic heterocycles. The van der Waals surface area contributed by atoms with Gasteiger partial charge in [-0.3, -0.25) is 4.72 Å². The molecule has 0 bridgehead atoms. The molecular weight excluding hydrogens is 326 g/mol. The van der Waals surface area contributed by atoms with Crippen molar-refractivity contribution in [1.82, 2.24) is 9.97 Å². The number of aromatic nitrogens is 2. The molecule has 0 fully saturated rings. The molecule has 2 rings (SSSR count). The van der Waals surface area contributed by atoms with Crippen LogP contribution in [0.2, 0.25) is 0 Å². The number of halogens is 1. The fraction of sp³-hybridized carbons (Fsp3) is 0.111. The van der Waals surface area contributed by atoms with Crippen molar-refractivity contribution < 1.29 is 17.9 Å². The van der Waals surface area contributed by atoms with Gasteiger partial charge in [0.15, 0.2) is 4.67 Å². The van der Waals surface area contributed by atoms with E-state index in [2.05, 4.69) is 30.6 Å². The van der Waals surface area contributed by atoms with E-state index in [1.807, 2.05) is 0 Å². The zero-order chi connectivity index (χ0) is 13.2. The molecule has 2 aromatic rings. The van der Waals surface area contributed by atoms with Gasteiger partial charge in [-0.25, -0.2) is 18.4 Å². The van der Waals surface area contributed by atoms with Gasteiger partial charge in [0, 0.05) is 6.07 Å². The molecular formula is C9H8BrN3O4S. The molecule has 2 aromatic heterocycles. The van der Waals surface area contributed by atoms with Crippen LogP contribution < -0.4 is 4.72 Å². The Balaban J connectivity index is 2.34. The second-order valence-corrected chi connectivity index (χ2v) is 5.61. The fourth-order valence-corrected chi connectivity index (χ4v) is 3.25. The summed E-state index contributed by atoms with van der Waals surface area (Å²) in [6, 6.07) is 1.23. The van der Waals surface area contributed by atoms with E-state index in [1.54, 1.807) is 0 Å². The van der Waals surface area contributed by atoms with E-state index in [-0.39, 0.29) is 27.6 Å². The Kier molecular flexibility index (Phi) is 3.64. The lowest BCUT2D eigenvalue weighted by Gasteiger charge is -2.04. The van der Waals surface area contributed by atoms with Gasteiger partial charge in [-0.05, 0) is 15.9 Å². The third-order valence-corrected chi connectivity index (χ3v) is 4.20. The summed E-state index contributed by atoms with van der Waals surface area (Å²) >= 11 is 2.98. The number of rotatable bonds is 4. The van der Waals surface area contributed by atoms with E-state index < -0.39 is 10.0 Å². The Morgan fingerprint density at radius 2 is 2.06 bits per heavy atom. The van der Waals surface area contributed by atoms with Crippen molar-refractivity contribution in [2.75, 3.05) is 4.72 Å². The molecule has 0 spiro atoms. The lowest BCUT2D eigenvalue weighted by atomic mass is 10.5. The average molecular weight is 334 g/mol. The van der Waals surface area contributed by atoms with Crippen LogP contribution in [0.25, 0.3) is 0 Å². The van der Waals surface area contributed by atoms with Crippen LogP contribution in [-0.2, 0) is 16.6 Å². The van der Waals surface area contributed by atoms with E-state index in [4.69, 9.17) is 9.52 Å². The molecule has 96 valence electrons. The highest BCUT2D eigenvalue weighted by Gasteiger charge is 2.22. The van der Waals surface area contributed by atoms with Crippen LogP contribution in [0.1, 0.15) is 5.76 Å². The standard InChI is InChI=1S/C9H8BrN3O4S/c10-9-8(1-7(4-14)17-9)18(15,16)13-6-2-11-5-12-3-6/h1-3,5,13-14H,4H2. The summed E-state index contributed by atoms with van der Waals surface area (Å²) in [4.78, 5) is 7.28. The number of aliphatic hydroxyl groups excluding tert-OH is 1. The molecule has 0 saturated carbocycles. The van der Waals surface area contributed by atoms with Gasteiger partial charge in [-0.15, -0.1) is 0 Å². The molecule has 2 N–H and O–H groups in total. The molecule has 0 unspecified atom stereocenters. The largest absolute Gasteiger partial charge is 0.450 e. The Hall–Kier alpha value is -1.45. The van der Waals surface area contributed by atoms with Crippen molar-refractivity contribution in [3.8, 4) is 0 Å². The summed E-state index contributed by atoms with van der Waals surface area (Å²) in [7, 11) is -3.82. The second kappa shape index (κ2) is 5.04. The first-order valence-corrected chi connectivity index (χ1v) is 6.97. The quantitative estimate of drug-likeness (QED) is 0.868. The summed E-state index contributed by atoms with van der Waals surface area (Å²) in [5.41, 5.74) is 0.233. The lowest BCUT2D eigenvalue weighted by molar-refractivity contribution is 0.245. The number of furan rings is 1. The Bertz CT molecular complexity index is 641.